The molecule has 2 saturated heterocycles. The molecule has 0 spiro atoms. The number of nitrogens with zero attached hydrogens (tertiary/aromatic N) is 3. The van der Waals surface area contributed by atoms with Gasteiger partial charge in [-0.05, 0) is 42.7 Å². The monoisotopic (exact) mass is 395 g/mol. The predicted octanol–water partition coefficient (Wildman–Crippen LogP) is 3.09. The maximum atomic E-state index is 14.0. The predicted molar refractivity (Wildman–Crippen MR) is 111 cm³/mol. The van der Waals surface area contributed by atoms with Crippen molar-refractivity contribution in [1.82, 2.24) is 4.90 Å². The lowest BCUT2D eigenvalue weighted by atomic mass is 10.1. The van der Waals surface area contributed by atoms with Crippen molar-refractivity contribution in [3.63, 3.8) is 0 Å². The molecular weight excluding hydrogens is 369 g/mol. The fourth-order valence-corrected chi connectivity index (χ4v) is 4.17. The van der Waals surface area contributed by atoms with Gasteiger partial charge >= 0.3 is 0 Å². The Bertz CT molecular complexity index is 891. The fourth-order valence-electron chi connectivity index (χ4n) is 4.17. The summed E-state index contributed by atoms with van der Waals surface area (Å²) in [5, 5.41) is 0. The lowest BCUT2D eigenvalue weighted by Gasteiger charge is -2.37. The van der Waals surface area contributed by atoms with Crippen molar-refractivity contribution in [1.29, 1.82) is 0 Å². The van der Waals surface area contributed by atoms with Crippen LogP contribution in [0.15, 0.2) is 48.5 Å². The van der Waals surface area contributed by atoms with Crippen molar-refractivity contribution >= 4 is 23.2 Å². The van der Waals surface area contributed by atoms with Crippen molar-refractivity contribution in [2.45, 2.75) is 19.8 Å². The molecule has 2 heterocycles. The number of carbonyl (C=O) groups is 2. The summed E-state index contributed by atoms with van der Waals surface area (Å²) in [5.41, 5.74) is 2.64. The van der Waals surface area contributed by atoms with Gasteiger partial charge in [0.15, 0.2) is 0 Å². The Kier molecular flexibility index (Phi) is 5.51. The highest BCUT2D eigenvalue weighted by Gasteiger charge is 2.40. The molecule has 2 fully saturated rings. The van der Waals surface area contributed by atoms with Crippen LogP contribution in [0.5, 0.6) is 0 Å². The standard InChI is InChI=1S/C23H26FN3O2/c1-2-17-7-9-18(10-8-17)27-12-11-19(23(27)29)22(28)26-15-13-25(14-16-26)21-6-4-3-5-20(21)24/h3-10,19H,2,11-16H2,1H3/t19-/m0/s1. The summed E-state index contributed by atoms with van der Waals surface area (Å²) < 4.78 is 14.0. The smallest absolute Gasteiger partial charge is 0.239 e. The van der Waals surface area contributed by atoms with Gasteiger partial charge in [0, 0.05) is 38.4 Å². The number of aryl methyl sites for hydroxylation is 1. The van der Waals surface area contributed by atoms with Crippen LogP contribution in [0.25, 0.3) is 0 Å². The van der Waals surface area contributed by atoms with Gasteiger partial charge in [-0.2, -0.15) is 0 Å². The minimum Gasteiger partial charge on any atom is -0.366 e. The molecule has 1 atom stereocenters. The number of amides is 2. The first-order valence-electron chi connectivity index (χ1n) is 10.3. The molecule has 0 aliphatic carbocycles. The van der Waals surface area contributed by atoms with Gasteiger partial charge in [-0.15, -0.1) is 0 Å². The summed E-state index contributed by atoms with van der Waals surface area (Å²) in [6, 6.07) is 14.7. The van der Waals surface area contributed by atoms with Gasteiger partial charge in [0.05, 0.1) is 5.69 Å². The molecule has 0 N–H and O–H groups in total. The average molecular weight is 395 g/mol. The zero-order valence-corrected chi connectivity index (χ0v) is 16.7. The molecule has 0 unspecified atom stereocenters. The second kappa shape index (κ2) is 8.23. The van der Waals surface area contributed by atoms with E-state index >= 15 is 0 Å². The molecule has 0 aromatic heterocycles. The summed E-state index contributed by atoms with van der Waals surface area (Å²) in [6.07, 6.45) is 1.49. The molecule has 4 rings (SSSR count). The number of carbonyl (C=O) groups excluding carboxylic acids is 2. The zero-order valence-electron chi connectivity index (χ0n) is 16.7. The van der Waals surface area contributed by atoms with Gasteiger partial charge in [-0.1, -0.05) is 31.2 Å². The first-order valence-corrected chi connectivity index (χ1v) is 10.3. The van der Waals surface area contributed by atoms with E-state index in [9.17, 15) is 14.0 Å². The topological polar surface area (TPSA) is 43.9 Å². The summed E-state index contributed by atoms with van der Waals surface area (Å²) >= 11 is 0. The third kappa shape index (κ3) is 3.84. The van der Waals surface area contributed by atoms with Gasteiger partial charge in [-0.25, -0.2) is 4.39 Å². The quantitative estimate of drug-likeness (QED) is 0.748. The number of halogens is 1. The number of rotatable bonds is 4. The number of benzene rings is 2. The first kappa shape index (κ1) is 19.4. The van der Waals surface area contributed by atoms with E-state index in [2.05, 4.69) is 6.92 Å². The molecule has 0 saturated carbocycles. The van der Waals surface area contributed by atoms with Crippen molar-refractivity contribution in [2.24, 2.45) is 5.92 Å². The van der Waals surface area contributed by atoms with Crippen LogP contribution in [0.1, 0.15) is 18.9 Å². The fraction of sp³-hybridized carbons (Fsp3) is 0.391. The first-order chi connectivity index (χ1) is 14.1. The van der Waals surface area contributed by atoms with Crippen molar-refractivity contribution in [3.05, 3.63) is 59.9 Å². The normalized spacial score (nSPS) is 19.7. The van der Waals surface area contributed by atoms with Crippen molar-refractivity contribution in [2.75, 3.05) is 42.5 Å². The van der Waals surface area contributed by atoms with Crippen LogP contribution >= 0.6 is 0 Å². The second-order valence-corrected chi connectivity index (χ2v) is 7.61. The average Bonchev–Trinajstić information content (AvgIpc) is 3.15. The Morgan fingerprint density at radius 3 is 2.34 bits per heavy atom. The van der Waals surface area contributed by atoms with Gasteiger partial charge < -0.3 is 14.7 Å². The highest BCUT2D eigenvalue weighted by atomic mass is 19.1. The third-order valence-corrected chi connectivity index (χ3v) is 5.94. The lowest BCUT2D eigenvalue weighted by molar-refractivity contribution is -0.140. The molecule has 6 heteroatoms. The van der Waals surface area contributed by atoms with E-state index in [0.717, 1.165) is 12.1 Å². The summed E-state index contributed by atoms with van der Waals surface area (Å²) in [5.74, 6) is -1.07. The summed E-state index contributed by atoms with van der Waals surface area (Å²) in [7, 11) is 0. The largest absolute Gasteiger partial charge is 0.366 e. The SMILES string of the molecule is CCc1ccc(N2CC[C@@H](C(=O)N3CCN(c4ccccc4F)CC3)C2=O)cc1. The van der Waals surface area contributed by atoms with Gasteiger partial charge in [0.2, 0.25) is 11.8 Å². The molecule has 2 aliphatic rings. The molecule has 2 aromatic carbocycles. The number of piperazine rings is 1. The zero-order chi connectivity index (χ0) is 20.4. The van der Waals surface area contributed by atoms with E-state index in [-0.39, 0.29) is 17.6 Å². The molecule has 2 aliphatic heterocycles. The highest BCUT2D eigenvalue weighted by Crippen LogP contribution is 2.28. The minimum atomic E-state index is -0.610. The molecule has 0 radical (unpaired) electrons. The van der Waals surface area contributed by atoms with Crippen LogP contribution < -0.4 is 9.80 Å². The lowest BCUT2D eigenvalue weighted by Crippen LogP contribution is -2.51. The Hall–Kier alpha value is -2.89. The van der Waals surface area contributed by atoms with Crippen LogP contribution in [-0.2, 0) is 16.0 Å². The van der Waals surface area contributed by atoms with E-state index in [0.29, 0.717) is 44.8 Å². The molecule has 2 amide bonds. The Morgan fingerprint density at radius 2 is 1.69 bits per heavy atom. The van der Waals surface area contributed by atoms with Gasteiger partial charge in [-0.3, -0.25) is 9.59 Å². The summed E-state index contributed by atoms with van der Waals surface area (Å²) in [6.45, 7) is 4.79. The van der Waals surface area contributed by atoms with E-state index in [1.54, 1.807) is 21.9 Å². The van der Waals surface area contributed by atoms with Crippen molar-refractivity contribution in [3.8, 4) is 0 Å². The Balaban J connectivity index is 1.38. The van der Waals surface area contributed by atoms with Gasteiger partial charge in [0.25, 0.3) is 0 Å². The second-order valence-electron chi connectivity index (χ2n) is 7.61. The van der Waals surface area contributed by atoms with Crippen LogP contribution in [-0.4, -0.2) is 49.4 Å². The molecule has 0 bridgehead atoms. The summed E-state index contributed by atoms with van der Waals surface area (Å²) in [4.78, 5) is 31.3. The Morgan fingerprint density at radius 1 is 1.00 bits per heavy atom. The van der Waals surface area contributed by atoms with Gasteiger partial charge in [0.1, 0.15) is 11.7 Å². The maximum Gasteiger partial charge on any atom is 0.239 e. The Labute approximate surface area is 170 Å². The highest BCUT2D eigenvalue weighted by molar-refractivity contribution is 6.09. The molecule has 2 aromatic rings. The van der Waals surface area contributed by atoms with Crippen LogP contribution in [0, 0.1) is 11.7 Å². The molecule has 5 nitrogen and oxygen atoms in total. The number of anilines is 2. The number of hydrogen-bond donors (Lipinski definition) is 0. The third-order valence-electron chi connectivity index (χ3n) is 5.94. The van der Waals surface area contributed by atoms with E-state index in [1.165, 1.54) is 11.6 Å². The molecule has 29 heavy (non-hydrogen) atoms. The number of hydrogen-bond acceptors (Lipinski definition) is 3. The minimum absolute atomic E-state index is 0.101. The van der Waals surface area contributed by atoms with Crippen LogP contribution in [0.3, 0.4) is 0 Å². The van der Waals surface area contributed by atoms with Crippen molar-refractivity contribution < 1.29 is 14.0 Å². The molecular formula is C23H26FN3O2. The van der Waals surface area contributed by atoms with E-state index in [1.807, 2.05) is 35.2 Å². The van der Waals surface area contributed by atoms with Crippen LogP contribution in [0.4, 0.5) is 15.8 Å². The maximum absolute atomic E-state index is 14.0. The van der Waals surface area contributed by atoms with Crippen LogP contribution in [0.2, 0.25) is 0 Å². The number of para-hydroxylation sites is 1. The van der Waals surface area contributed by atoms with E-state index < -0.39 is 5.92 Å². The molecule has 152 valence electrons. The van der Waals surface area contributed by atoms with E-state index in [4.69, 9.17) is 0 Å².